The van der Waals surface area contributed by atoms with E-state index in [1.54, 1.807) is 36.4 Å². The van der Waals surface area contributed by atoms with Gasteiger partial charge < -0.3 is 10.1 Å². The van der Waals surface area contributed by atoms with Gasteiger partial charge in [0.1, 0.15) is 0 Å². The second-order valence-electron chi connectivity index (χ2n) is 5.34. The van der Waals surface area contributed by atoms with Crippen molar-refractivity contribution in [2.75, 3.05) is 0 Å². The van der Waals surface area contributed by atoms with Crippen LogP contribution in [-0.4, -0.2) is 16.1 Å². The molecule has 0 spiro atoms. The van der Waals surface area contributed by atoms with Crippen molar-refractivity contribution in [1.29, 1.82) is 0 Å². The molecule has 0 saturated carbocycles. The summed E-state index contributed by atoms with van der Waals surface area (Å²) in [6.45, 7) is 0. The van der Waals surface area contributed by atoms with Gasteiger partial charge in [-0.25, -0.2) is 4.79 Å². The molecule has 23 heavy (non-hydrogen) atoms. The van der Waals surface area contributed by atoms with Gasteiger partial charge in [0.05, 0.1) is 16.5 Å². The number of carbonyl (C=O) groups is 1. The zero-order valence-corrected chi connectivity index (χ0v) is 12.5. The summed E-state index contributed by atoms with van der Waals surface area (Å²) in [6, 6.07) is 13.7. The lowest BCUT2D eigenvalue weighted by molar-refractivity contribution is 0.0699. The van der Waals surface area contributed by atoms with Gasteiger partial charge in [-0.15, -0.1) is 0 Å². The van der Waals surface area contributed by atoms with E-state index in [9.17, 15) is 14.7 Å². The van der Waals surface area contributed by atoms with Crippen LogP contribution in [0.15, 0.2) is 53.3 Å². The summed E-state index contributed by atoms with van der Waals surface area (Å²) in [6.07, 6.45) is 0. The van der Waals surface area contributed by atoms with E-state index in [-0.39, 0.29) is 16.4 Å². The molecule has 0 radical (unpaired) electrons. The number of para-hydroxylation sites is 1. The minimum absolute atomic E-state index is 0.0122. The quantitative estimate of drug-likeness (QED) is 0.407. The van der Waals surface area contributed by atoms with E-state index >= 15 is 0 Å². The summed E-state index contributed by atoms with van der Waals surface area (Å²) in [5, 5.41) is 12.1. The number of rotatable bonds is 1. The molecule has 0 atom stereocenters. The van der Waals surface area contributed by atoms with Crippen molar-refractivity contribution >= 4 is 50.1 Å². The summed E-state index contributed by atoms with van der Waals surface area (Å²) in [4.78, 5) is 27.7. The molecule has 0 aliphatic rings. The fourth-order valence-corrected chi connectivity index (χ4v) is 3.13. The van der Waals surface area contributed by atoms with Crippen molar-refractivity contribution < 1.29 is 9.90 Å². The fraction of sp³-hybridized carbons (Fsp3) is 0. The number of aromatic amines is 1. The Morgan fingerprint density at radius 3 is 2.61 bits per heavy atom. The van der Waals surface area contributed by atoms with Crippen molar-refractivity contribution in [2.45, 2.75) is 0 Å². The Hall–Kier alpha value is -2.85. The summed E-state index contributed by atoms with van der Waals surface area (Å²) in [7, 11) is 0. The molecule has 0 aliphatic heterocycles. The lowest BCUT2D eigenvalue weighted by atomic mass is 9.99. The standard InChI is InChI=1S/C18H10ClNO3/c19-10-6-5-9-7-13(18(22)23)15-16(12(9)8-10)20-14-4-2-1-3-11(14)17(15)21/h1-8H,(H,20,21)(H,22,23). The molecule has 0 bridgehead atoms. The number of carboxylic acids is 1. The number of benzene rings is 3. The van der Waals surface area contributed by atoms with Crippen LogP contribution in [-0.2, 0) is 0 Å². The first-order valence-electron chi connectivity index (χ1n) is 6.96. The smallest absolute Gasteiger partial charge is 0.336 e. The van der Waals surface area contributed by atoms with E-state index in [0.717, 1.165) is 5.39 Å². The number of halogens is 1. The number of pyridine rings is 1. The van der Waals surface area contributed by atoms with Crippen molar-refractivity contribution in [3.63, 3.8) is 0 Å². The van der Waals surface area contributed by atoms with Crippen molar-refractivity contribution in [2.24, 2.45) is 0 Å². The predicted molar refractivity (Wildman–Crippen MR) is 91.6 cm³/mol. The van der Waals surface area contributed by atoms with Crippen LogP contribution in [0, 0.1) is 0 Å². The Balaban J connectivity index is 2.38. The first kappa shape index (κ1) is 13.8. The summed E-state index contributed by atoms with van der Waals surface area (Å²) >= 11 is 6.07. The van der Waals surface area contributed by atoms with E-state index < -0.39 is 5.97 Å². The van der Waals surface area contributed by atoms with Crippen LogP contribution in [0.1, 0.15) is 10.4 Å². The third-order valence-corrected chi connectivity index (χ3v) is 4.23. The Labute approximate surface area is 134 Å². The van der Waals surface area contributed by atoms with Gasteiger partial charge in [0, 0.05) is 21.3 Å². The molecular weight excluding hydrogens is 314 g/mol. The first-order valence-corrected chi connectivity index (χ1v) is 7.34. The average molecular weight is 324 g/mol. The predicted octanol–water partition coefficient (Wildman–Crippen LogP) is 4.19. The molecule has 3 aromatic carbocycles. The van der Waals surface area contributed by atoms with Gasteiger partial charge in [-0.2, -0.15) is 0 Å². The number of nitrogens with one attached hydrogen (secondary N) is 1. The molecule has 0 saturated heterocycles. The zero-order chi connectivity index (χ0) is 16.1. The van der Waals surface area contributed by atoms with E-state index in [2.05, 4.69) is 4.98 Å². The third-order valence-electron chi connectivity index (χ3n) is 3.99. The highest BCUT2D eigenvalue weighted by molar-refractivity contribution is 6.32. The second-order valence-corrected chi connectivity index (χ2v) is 5.78. The molecule has 2 N–H and O–H groups in total. The van der Waals surface area contributed by atoms with Gasteiger partial charge in [0.2, 0.25) is 0 Å². The molecule has 1 aromatic heterocycles. The molecular formula is C18H10ClNO3. The monoisotopic (exact) mass is 323 g/mol. The van der Waals surface area contributed by atoms with Crippen molar-refractivity contribution in [1.82, 2.24) is 4.98 Å². The van der Waals surface area contributed by atoms with Crippen LogP contribution in [0.25, 0.3) is 32.6 Å². The topological polar surface area (TPSA) is 70.2 Å². The number of fused-ring (bicyclic) bond motifs is 4. The van der Waals surface area contributed by atoms with Crippen LogP contribution < -0.4 is 5.43 Å². The third kappa shape index (κ3) is 1.99. The fourth-order valence-electron chi connectivity index (χ4n) is 2.96. The number of hydrogen-bond donors (Lipinski definition) is 2. The molecule has 4 nitrogen and oxygen atoms in total. The Bertz CT molecular complexity index is 1180. The van der Waals surface area contributed by atoms with Crippen molar-refractivity contribution in [3.05, 3.63) is 69.3 Å². The molecule has 112 valence electrons. The molecule has 0 fully saturated rings. The number of H-pyrrole nitrogens is 1. The Morgan fingerprint density at radius 1 is 1.04 bits per heavy atom. The van der Waals surface area contributed by atoms with Gasteiger partial charge in [-0.1, -0.05) is 29.8 Å². The van der Waals surface area contributed by atoms with Crippen molar-refractivity contribution in [3.8, 4) is 0 Å². The number of aromatic carboxylic acids is 1. The highest BCUT2D eigenvalue weighted by Gasteiger charge is 2.17. The molecule has 5 heteroatoms. The van der Waals surface area contributed by atoms with E-state index in [1.807, 2.05) is 6.07 Å². The maximum absolute atomic E-state index is 12.8. The van der Waals surface area contributed by atoms with Crippen LogP contribution in [0.2, 0.25) is 5.02 Å². The maximum Gasteiger partial charge on any atom is 0.336 e. The highest BCUT2D eigenvalue weighted by atomic mass is 35.5. The Morgan fingerprint density at radius 2 is 1.83 bits per heavy atom. The SMILES string of the molecule is O=C(O)c1cc2ccc(Cl)cc2c2[nH]c3ccccc3c(=O)c12. The average Bonchev–Trinajstić information content (AvgIpc) is 2.54. The van der Waals surface area contributed by atoms with E-state index in [1.165, 1.54) is 6.07 Å². The molecule has 0 unspecified atom stereocenters. The van der Waals surface area contributed by atoms with Crippen LogP contribution in [0.5, 0.6) is 0 Å². The number of hydrogen-bond acceptors (Lipinski definition) is 2. The first-order chi connectivity index (χ1) is 11.1. The molecule has 0 amide bonds. The van der Waals surface area contributed by atoms with Gasteiger partial charge in [-0.3, -0.25) is 4.79 Å². The van der Waals surface area contributed by atoms with E-state index in [0.29, 0.717) is 26.8 Å². The number of aromatic nitrogens is 1. The second kappa shape index (κ2) is 4.83. The van der Waals surface area contributed by atoms with Crippen LogP contribution >= 0.6 is 11.6 Å². The zero-order valence-electron chi connectivity index (χ0n) is 11.8. The minimum Gasteiger partial charge on any atom is -0.478 e. The normalized spacial score (nSPS) is 11.3. The minimum atomic E-state index is -1.13. The van der Waals surface area contributed by atoms with Gasteiger partial charge in [0.25, 0.3) is 0 Å². The lowest BCUT2D eigenvalue weighted by Gasteiger charge is -2.09. The van der Waals surface area contributed by atoms with E-state index in [4.69, 9.17) is 11.6 Å². The maximum atomic E-state index is 12.8. The summed E-state index contributed by atoms with van der Waals surface area (Å²) in [5.74, 6) is -1.13. The highest BCUT2D eigenvalue weighted by Crippen LogP contribution is 2.29. The van der Waals surface area contributed by atoms with Gasteiger partial charge >= 0.3 is 5.97 Å². The van der Waals surface area contributed by atoms with Gasteiger partial charge in [-0.05, 0) is 35.7 Å². The molecule has 0 aliphatic carbocycles. The number of carboxylic acid groups (broad SMARTS) is 1. The van der Waals surface area contributed by atoms with Crippen LogP contribution in [0.3, 0.4) is 0 Å². The van der Waals surface area contributed by atoms with Gasteiger partial charge in [0.15, 0.2) is 5.43 Å². The summed E-state index contributed by atoms with van der Waals surface area (Å²) in [5.41, 5.74) is 0.843. The Kier molecular flexibility index (Phi) is 2.89. The largest absolute Gasteiger partial charge is 0.478 e. The lowest BCUT2D eigenvalue weighted by Crippen LogP contribution is -2.10. The van der Waals surface area contributed by atoms with Crippen LogP contribution in [0.4, 0.5) is 0 Å². The molecule has 4 rings (SSSR count). The summed E-state index contributed by atoms with van der Waals surface area (Å²) < 4.78 is 0. The molecule has 1 heterocycles. The molecule has 4 aromatic rings.